The van der Waals surface area contributed by atoms with Gasteiger partial charge >= 0.3 is 0 Å². The first-order valence-electron chi connectivity index (χ1n) is 7.59. The monoisotopic (exact) mass is 316 g/mol. The van der Waals surface area contributed by atoms with Crippen molar-refractivity contribution in [3.8, 4) is 0 Å². The third-order valence-corrected chi connectivity index (χ3v) is 5.93. The lowest BCUT2D eigenvalue weighted by Gasteiger charge is -2.19. The molecule has 0 radical (unpaired) electrons. The van der Waals surface area contributed by atoms with E-state index in [0.29, 0.717) is 11.8 Å². The van der Waals surface area contributed by atoms with E-state index < -0.39 is 0 Å². The van der Waals surface area contributed by atoms with Gasteiger partial charge in [0.05, 0.1) is 0 Å². The SMILES string of the molecule is Cc1cccc(CC(CCl)CC2CSc3ccccc32)c1. The van der Waals surface area contributed by atoms with Gasteiger partial charge in [-0.15, -0.1) is 23.4 Å². The highest BCUT2D eigenvalue weighted by Gasteiger charge is 2.25. The molecule has 0 saturated carbocycles. The second-order valence-electron chi connectivity index (χ2n) is 5.99. The summed E-state index contributed by atoms with van der Waals surface area (Å²) in [4.78, 5) is 1.46. The van der Waals surface area contributed by atoms with Gasteiger partial charge in [-0.1, -0.05) is 48.0 Å². The first kappa shape index (κ1) is 15.0. The van der Waals surface area contributed by atoms with Gasteiger partial charge in [-0.3, -0.25) is 0 Å². The molecule has 0 fully saturated rings. The van der Waals surface area contributed by atoms with Crippen molar-refractivity contribution in [2.75, 3.05) is 11.6 Å². The quantitative estimate of drug-likeness (QED) is 0.640. The Bertz CT molecular complexity index is 608. The molecule has 0 bridgehead atoms. The Morgan fingerprint density at radius 1 is 1.19 bits per heavy atom. The Morgan fingerprint density at radius 3 is 2.86 bits per heavy atom. The number of halogens is 1. The maximum atomic E-state index is 6.26. The van der Waals surface area contributed by atoms with Gasteiger partial charge in [-0.25, -0.2) is 0 Å². The lowest BCUT2D eigenvalue weighted by molar-refractivity contribution is 0.491. The summed E-state index contributed by atoms with van der Waals surface area (Å²) in [5.74, 6) is 3.18. The van der Waals surface area contributed by atoms with Gasteiger partial charge in [0.2, 0.25) is 0 Å². The van der Waals surface area contributed by atoms with Crippen LogP contribution < -0.4 is 0 Å². The summed E-state index contributed by atoms with van der Waals surface area (Å²) in [7, 11) is 0. The van der Waals surface area contributed by atoms with E-state index in [-0.39, 0.29) is 0 Å². The Hall–Kier alpha value is -0.920. The number of rotatable bonds is 5. The summed E-state index contributed by atoms with van der Waals surface area (Å²) >= 11 is 8.25. The van der Waals surface area contributed by atoms with Crippen LogP contribution in [-0.4, -0.2) is 11.6 Å². The lowest BCUT2D eigenvalue weighted by atomic mass is 9.87. The molecule has 2 heteroatoms. The van der Waals surface area contributed by atoms with Crippen LogP contribution in [0.15, 0.2) is 53.4 Å². The standard InChI is InChI=1S/C19H21ClS/c1-14-5-4-6-15(9-14)10-16(12-20)11-17-13-21-19-8-3-2-7-18(17)19/h2-9,16-17H,10-13H2,1H3. The van der Waals surface area contributed by atoms with E-state index in [4.69, 9.17) is 11.6 Å². The topological polar surface area (TPSA) is 0 Å². The smallest absolute Gasteiger partial charge is 0.0255 e. The Kier molecular flexibility index (Phi) is 4.92. The fraction of sp³-hybridized carbons (Fsp3) is 0.368. The van der Waals surface area contributed by atoms with Gasteiger partial charge in [0.15, 0.2) is 0 Å². The van der Waals surface area contributed by atoms with E-state index >= 15 is 0 Å². The zero-order valence-corrected chi connectivity index (χ0v) is 14.0. The van der Waals surface area contributed by atoms with Crippen molar-refractivity contribution < 1.29 is 0 Å². The molecule has 0 aliphatic carbocycles. The summed E-state index contributed by atoms with van der Waals surface area (Å²) in [6.45, 7) is 2.16. The lowest BCUT2D eigenvalue weighted by Crippen LogP contribution is -2.12. The summed E-state index contributed by atoms with van der Waals surface area (Å²) in [5, 5.41) is 0. The molecule has 2 aromatic carbocycles. The first-order valence-corrected chi connectivity index (χ1v) is 9.11. The molecule has 2 unspecified atom stereocenters. The predicted octanol–water partition coefficient (Wildman–Crippen LogP) is 5.67. The van der Waals surface area contributed by atoms with Crippen LogP contribution in [0.4, 0.5) is 0 Å². The van der Waals surface area contributed by atoms with Crippen molar-refractivity contribution in [1.29, 1.82) is 0 Å². The molecule has 0 amide bonds. The van der Waals surface area contributed by atoms with Crippen molar-refractivity contribution in [3.63, 3.8) is 0 Å². The van der Waals surface area contributed by atoms with Gasteiger partial charge in [0.1, 0.15) is 0 Å². The predicted molar refractivity (Wildman–Crippen MR) is 93.6 cm³/mol. The second-order valence-corrected chi connectivity index (χ2v) is 7.37. The molecular weight excluding hydrogens is 296 g/mol. The Balaban J connectivity index is 1.68. The molecule has 1 heterocycles. The third kappa shape index (κ3) is 3.64. The second kappa shape index (κ2) is 6.89. The van der Waals surface area contributed by atoms with Crippen molar-refractivity contribution in [3.05, 3.63) is 65.2 Å². The Morgan fingerprint density at radius 2 is 2.05 bits per heavy atom. The first-order chi connectivity index (χ1) is 10.3. The van der Waals surface area contributed by atoms with E-state index in [9.17, 15) is 0 Å². The number of hydrogen-bond acceptors (Lipinski definition) is 1. The van der Waals surface area contributed by atoms with Crippen LogP contribution in [0.3, 0.4) is 0 Å². The van der Waals surface area contributed by atoms with Crippen LogP contribution in [0.1, 0.15) is 29.0 Å². The number of benzene rings is 2. The summed E-state index contributed by atoms with van der Waals surface area (Å²) in [6.07, 6.45) is 2.29. The summed E-state index contributed by atoms with van der Waals surface area (Å²) in [6, 6.07) is 17.7. The van der Waals surface area contributed by atoms with Crippen molar-refractivity contribution in [2.24, 2.45) is 5.92 Å². The van der Waals surface area contributed by atoms with Crippen LogP contribution in [0, 0.1) is 12.8 Å². The van der Waals surface area contributed by atoms with Gasteiger partial charge in [-0.2, -0.15) is 0 Å². The molecule has 21 heavy (non-hydrogen) atoms. The van der Waals surface area contributed by atoms with E-state index in [1.54, 1.807) is 0 Å². The van der Waals surface area contributed by atoms with E-state index in [1.165, 1.54) is 33.8 Å². The van der Waals surface area contributed by atoms with Gasteiger partial charge in [-0.05, 0) is 48.8 Å². The van der Waals surface area contributed by atoms with Crippen molar-refractivity contribution in [1.82, 2.24) is 0 Å². The molecular formula is C19H21ClS. The zero-order chi connectivity index (χ0) is 14.7. The highest BCUT2D eigenvalue weighted by molar-refractivity contribution is 7.99. The molecule has 2 atom stereocenters. The number of hydrogen-bond donors (Lipinski definition) is 0. The third-order valence-electron chi connectivity index (χ3n) is 4.24. The minimum absolute atomic E-state index is 0.560. The molecule has 0 aromatic heterocycles. The van der Waals surface area contributed by atoms with E-state index in [0.717, 1.165) is 12.3 Å². The van der Waals surface area contributed by atoms with Crippen LogP contribution in [0.25, 0.3) is 0 Å². The van der Waals surface area contributed by atoms with Gasteiger partial charge < -0.3 is 0 Å². The minimum atomic E-state index is 0.560. The van der Waals surface area contributed by atoms with Gasteiger partial charge in [0, 0.05) is 16.5 Å². The number of alkyl halides is 1. The summed E-state index contributed by atoms with van der Waals surface area (Å²) < 4.78 is 0. The molecule has 0 nitrogen and oxygen atoms in total. The molecule has 110 valence electrons. The van der Waals surface area contributed by atoms with Crippen LogP contribution in [-0.2, 0) is 6.42 Å². The normalized spacial score (nSPS) is 18.5. The molecule has 1 aliphatic rings. The van der Waals surface area contributed by atoms with E-state index in [1.807, 2.05) is 11.8 Å². The van der Waals surface area contributed by atoms with Crippen molar-refractivity contribution in [2.45, 2.75) is 30.6 Å². The highest BCUT2D eigenvalue weighted by atomic mass is 35.5. The van der Waals surface area contributed by atoms with Gasteiger partial charge in [0.25, 0.3) is 0 Å². The van der Waals surface area contributed by atoms with Crippen LogP contribution in [0.2, 0.25) is 0 Å². The fourth-order valence-corrected chi connectivity index (χ4v) is 4.71. The molecule has 0 spiro atoms. The average Bonchev–Trinajstić information content (AvgIpc) is 2.90. The highest BCUT2D eigenvalue weighted by Crippen LogP contribution is 2.42. The maximum Gasteiger partial charge on any atom is 0.0255 e. The number of aryl methyl sites for hydroxylation is 1. The zero-order valence-electron chi connectivity index (χ0n) is 12.4. The minimum Gasteiger partial charge on any atom is -0.126 e. The van der Waals surface area contributed by atoms with Crippen LogP contribution in [0.5, 0.6) is 0 Å². The average molecular weight is 317 g/mol. The molecule has 2 aromatic rings. The Labute approximate surface area is 136 Å². The van der Waals surface area contributed by atoms with E-state index in [2.05, 4.69) is 55.5 Å². The number of thioether (sulfide) groups is 1. The molecule has 1 aliphatic heterocycles. The fourth-order valence-electron chi connectivity index (χ4n) is 3.20. The molecule has 0 saturated heterocycles. The largest absolute Gasteiger partial charge is 0.126 e. The van der Waals surface area contributed by atoms with Crippen molar-refractivity contribution >= 4 is 23.4 Å². The summed E-state index contributed by atoms with van der Waals surface area (Å²) in [5.41, 5.74) is 4.28. The number of fused-ring (bicyclic) bond motifs is 1. The molecule has 0 N–H and O–H groups in total. The molecule has 3 rings (SSSR count). The van der Waals surface area contributed by atoms with Crippen LogP contribution >= 0.6 is 23.4 Å². The maximum absolute atomic E-state index is 6.26.